The molecule has 76 heavy (non-hydrogen) atoms. The molecule has 3 aliphatic rings. The molecule has 0 amide bonds. The molecule has 0 fully saturated rings. The van der Waals surface area contributed by atoms with Crippen LogP contribution in [0.2, 0.25) is 0 Å². The summed E-state index contributed by atoms with van der Waals surface area (Å²) in [5.74, 6) is 0. The molecule has 15 rings (SSSR count). The molecule has 0 saturated heterocycles. The molecule has 0 radical (unpaired) electrons. The highest BCUT2D eigenvalue weighted by Crippen LogP contribution is 2.58. The van der Waals surface area contributed by atoms with Crippen molar-refractivity contribution in [2.75, 3.05) is 9.80 Å². The fourth-order valence-electron chi connectivity index (χ4n) is 14.1. The predicted octanol–water partition coefficient (Wildman–Crippen LogP) is 19.9. The van der Waals surface area contributed by atoms with Gasteiger partial charge in [0.05, 0.1) is 0 Å². The van der Waals surface area contributed by atoms with E-state index in [1.807, 2.05) is 12.1 Å². The first-order valence-corrected chi connectivity index (χ1v) is 26.9. The van der Waals surface area contributed by atoms with Crippen molar-refractivity contribution in [1.29, 1.82) is 0 Å². The van der Waals surface area contributed by atoms with Crippen LogP contribution in [0.15, 0.2) is 221 Å². The number of hydrogen-bond donors (Lipinski definition) is 0. The van der Waals surface area contributed by atoms with Gasteiger partial charge in [0, 0.05) is 71.9 Å². The maximum atomic E-state index is 6.40. The number of hydrogen-bond acceptors (Lipinski definition) is 4. The molecule has 0 N–H and O–H groups in total. The molecule has 2 heterocycles. The Balaban J connectivity index is 0.868. The van der Waals surface area contributed by atoms with Crippen molar-refractivity contribution in [3.63, 3.8) is 0 Å². The minimum Gasteiger partial charge on any atom is -0.456 e. The van der Waals surface area contributed by atoms with E-state index in [0.717, 1.165) is 84.4 Å². The molecule has 4 nitrogen and oxygen atoms in total. The first-order chi connectivity index (χ1) is 36.8. The minimum atomic E-state index is -0.322. The van der Waals surface area contributed by atoms with E-state index in [1.54, 1.807) is 0 Å². The first kappa shape index (κ1) is 44.8. The summed E-state index contributed by atoms with van der Waals surface area (Å²) in [7, 11) is 0. The Morgan fingerprint density at radius 2 is 0.697 bits per heavy atom. The van der Waals surface area contributed by atoms with E-state index in [-0.39, 0.29) is 21.7 Å². The van der Waals surface area contributed by atoms with E-state index in [2.05, 4.69) is 258 Å². The van der Waals surface area contributed by atoms with Gasteiger partial charge in [-0.15, -0.1) is 0 Å². The van der Waals surface area contributed by atoms with Crippen LogP contribution in [-0.2, 0) is 22.7 Å². The van der Waals surface area contributed by atoms with Gasteiger partial charge in [-0.2, -0.15) is 0 Å². The largest absolute Gasteiger partial charge is 0.456 e. The molecule has 3 aliphatic carbocycles. The monoisotopic (exact) mass is 982 g/mol. The fourth-order valence-corrected chi connectivity index (χ4v) is 14.1. The molecule has 0 spiro atoms. The molecule has 2 aromatic heterocycles. The zero-order valence-electron chi connectivity index (χ0n) is 44.1. The van der Waals surface area contributed by atoms with E-state index in [4.69, 9.17) is 8.83 Å². The molecule has 0 bridgehead atoms. The van der Waals surface area contributed by atoms with Gasteiger partial charge in [-0.3, -0.25) is 0 Å². The Morgan fingerprint density at radius 1 is 0.316 bits per heavy atom. The third-order valence-corrected chi connectivity index (χ3v) is 18.5. The van der Waals surface area contributed by atoms with Gasteiger partial charge in [-0.05, 0) is 170 Å². The lowest BCUT2D eigenvalue weighted by molar-refractivity contribution is 0.247. The Bertz CT molecular complexity index is 4390. The van der Waals surface area contributed by atoms with Gasteiger partial charge in [0.2, 0.25) is 0 Å². The molecule has 10 aromatic carbocycles. The summed E-state index contributed by atoms with van der Waals surface area (Å²) in [6.07, 6.45) is 0.969. The van der Waals surface area contributed by atoms with Gasteiger partial charge in [-0.1, -0.05) is 164 Å². The maximum absolute atomic E-state index is 6.40. The van der Waals surface area contributed by atoms with Gasteiger partial charge in [0.25, 0.3) is 0 Å². The Morgan fingerprint density at radius 3 is 1.22 bits per heavy atom. The second-order valence-electron chi connectivity index (χ2n) is 23.6. The zero-order valence-corrected chi connectivity index (χ0v) is 44.1. The molecule has 12 aromatic rings. The van der Waals surface area contributed by atoms with E-state index in [1.165, 1.54) is 61.2 Å². The first-order valence-electron chi connectivity index (χ1n) is 26.9. The molecule has 0 aliphatic heterocycles. The predicted molar refractivity (Wildman–Crippen MR) is 316 cm³/mol. The lowest BCUT2D eigenvalue weighted by atomic mass is 9.63. The number of fused-ring (bicyclic) bond motifs is 13. The van der Waals surface area contributed by atoms with Crippen LogP contribution in [0.1, 0.15) is 87.4 Å². The van der Waals surface area contributed by atoms with Crippen LogP contribution in [0.4, 0.5) is 34.1 Å². The molecule has 1 unspecified atom stereocenters. The normalized spacial score (nSPS) is 17.2. The van der Waals surface area contributed by atoms with Crippen molar-refractivity contribution < 1.29 is 8.83 Å². The third-order valence-electron chi connectivity index (χ3n) is 18.5. The fraction of sp³-hybridized carbons (Fsp3) is 0.167. The highest BCUT2D eigenvalue weighted by Gasteiger charge is 2.50. The number of nitrogens with zero attached hydrogens (tertiary/aromatic N) is 2. The Labute approximate surface area is 444 Å². The van der Waals surface area contributed by atoms with Gasteiger partial charge >= 0.3 is 0 Å². The summed E-state index contributed by atoms with van der Waals surface area (Å²) in [6.45, 7) is 16.9. The summed E-state index contributed by atoms with van der Waals surface area (Å²) in [6, 6.07) is 78.9. The van der Waals surface area contributed by atoms with Crippen molar-refractivity contribution in [3.8, 4) is 22.3 Å². The van der Waals surface area contributed by atoms with Crippen LogP contribution in [0.5, 0.6) is 0 Å². The van der Waals surface area contributed by atoms with Crippen molar-refractivity contribution >= 4 is 78.0 Å². The molecular formula is C72H58N2O2. The number of rotatable bonds is 7. The summed E-state index contributed by atoms with van der Waals surface area (Å²) in [4.78, 5) is 4.91. The highest BCUT2D eigenvalue weighted by atomic mass is 16.3. The van der Waals surface area contributed by atoms with Crippen molar-refractivity contribution in [2.45, 2.75) is 71.1 Å². The van der Waals surface area contributed by atoms with E-state index < -0.39 is 0 Å². The molecule has 368 valence electrons. The average molecular weight is 983 g/mol. The van der Waals surface area contributed by atoms with E-state index in [9.17, 15) is 0 Å². The summed E-state index contributed by atoms with van der Waals surface area (Å²) >= 11 is 0. The maximum Gasteiger partial charge on any atom is 0.135 e. The van der Waals surface area contributed by atoms with Gasteiger partial charge < -0.3 is 18.6 Å². The minimum absolute atomic E-state index is 0.0913. The van der Waals surface area contributed by atoms with E-state index >= 15 is 0 Å². The lowest BCUT2D eigenvalue weighted by Crippen LogP contribution is -2.36. The number of para-hydroxylation sites is 2. The number of furan rings is 2. The number of benzene rings is 10. The smallest absolute Gasteiger partial charge is 0.135 e. The van der Waals surface area contributed by atoms with Crippen LogP contribution in [0.25, 0.3) is 66.1 Å². The zero-order chi connectivity index (χ0) is 51.5. The van der Waals surface area contributed by atoms with Crippen LogP contribution < -0.4 is 9.80 Å². The second-order valence-corrected chi connectivity index (χ2v) is 23.6. The van der Waals surface area contributed by atoms with Crippen molar-refractivity contribution in [3.05, 3.63) is 251 Å². The van der Waals surface area contributed by atoms with Crippen LogP contribution >= 0.6 is 0 Å². The standard InChI is InChI=1S/C72H58N2O2/c1-69(2)43-44-24-27-49(74(48-33-37-68-59(39-48)57-19-11-15-23-66(57)76-68)51-31-35-55-53-17-9-13-21-61(53)71(5,6)64(55)42-51)40-62(44)72(69,7)45-25-28-46(29-26-45)73(47-32-36-67-58(38-47)56-18-10-14-22-65(56)75-67)50-30-34-54-52-16-8-12-20-60(52)70(3,4)63(54)41-50/h8-42H,43H2,1-7H3. The lowest BCUT2D eigenvalue weighted by Gasteiger charge is -2.40. The summed E-state index contributed by atoms with van der Waals surface area (Å²) in [5.41, 5.74) is 24.3. The van der Waals surface area contributed by atoms with Crippen molar-refractivity contribution in [1.82, 2.24) is 0 Å². The second kappa shape index (κ2) is 15.7. The SMILES string of the molecule is CC1(C)c2ccccc2-c2ccc(N(c3ccc(C4(C)c5cc(N(c6ccc7c(c6)C(C)(C)c6ccccc6-7)c6ccc7oc8ccccc8c7c6)ccc5CC4(C)C)cc3)c3ccc4oc5ccccc5c4c3)cc21. The highest BCUT2D eigenvalue weighted by molar-refractivity contribution is 6.08. The summed E-state index contributed by atoms with van der Waals surface area (Å²) in [5, 5.41) is 4.46. The van der Waals surface area contributed by atoms with Crippen LogP contribution in [-0.4, -0.2) is 0 Å². The van der Waals surface area contributed by atoms with Gasteiger partial charge in [0.1, 0.15) is 22.3 Å². The molecule has 0 saturated carbocycles. The third kappa shape index (κ3) is 6.25. The van der Waals surface area contributed by atoms with Gasteiger partial charge in [-0.25, -0.2) is 0 Å². The Kier molecular flexibility index (Phi) is 9.28. The topological polar surface area (TPSA) is 32.8 Å². The summed E-state index contributed by atoms with van der Waals surface area (Å²) < 4.78 is 12.8. The quantitative estimate of drug-likeness (QED) is 0.159. The van der Waals surface area contributed by atoms with Gasteiger partial charge in [0.15, 0.2) is 0 Å². The molecule has 1 atom stereocenters. The van der Waals surface area contributed by atoms with Crippen LogP contribution in [0, 0.1) is 5.41 Å². The van der Waals surface area contributed by atoms with Crippen LogP contribution in [0.3, 0.4) is 0 Å². The molecule has 4 heteroatoms. The Hall–Kier alpha value is -8.60. The van der Waals surface area contributed by atoms with E-state index in [0.29, 0.717) is 0 Å². The average Bonchev–Trinajstić information content (AvgIpc) is 4.33. The molecular weight excluding hydrogens is 925 g/mol. The van der Waals surface area contributed by atoms with Crippen molar-refractivity contribution in [2.24, 2.45) is 5.41 Å². The number of anilines is 6.